The Kier molecular flexibility index (Phi) is 3.81. The summed E-state index contributed by atoms with van der Waals surface area (Å²) in [7, 11) is 1.38. The minimum Gasteiger partial charge on any atom is -0.465 e. The van der Waals surface area contributed by atoms with E-state index in [1.54, 1.807) is 6.07 Å². The topological polar surface area (TPSA) is 26.3 Å². The van der Waals surface area contributed by atoms with Crippen LogP contribution in [-0.4, -0.2) is 19.3 Å². The van der Waals surface area contributed by atoms with Crippen molar-refractivity contribution in [1.82, 2.24) is 0 Å². The first kappa shape index (κ1) is 10.6. The highest BCUT2D eigenvalue weighted by molar-refractivity contribution is 9.10. The third-order valence-corrected chi connectivity index (χ3v) is 2.84. The van der Waals surface area contributed by atoms with Gasteiger partial charge >= 0.3 is 5.97 Å². The molecule has 4 heteroatoms. The van der Waals surface area contributed by atoms with E-state index in [2.05, 4.69) is 20.7 Å². The Morgan fingerprint density at radius 2 is 2.23 bits per heavy atom. The summed E-state index contributed by atoms with van der Waals surface area (Å²) < 4.78 is 5.61. The highest BCUT2D eigenvalue weighted by Gasteiger charge is 2.10. The Bertz CT molecular complexity index is 325. The first-order valence-corrected chi connectivity index (χ1v) is 5.62. The van der Waals surface area contributed by atoms with E-state index >= 15 is 0 Å². The lowest BCUT2D eigenvalue weighted by Gasteiger charge is -2.04. The van der Waals surface area contributed by atoms with Crippen molar-refractivity contribution in [1.29, 1.82) is 0 Å². The molecule has 2 nitrogen and oxygen atoms in total. The van der Waals surface area contributed by atoms with Gasteiger partial charge < -0.3 is 4.74 Å². The number of rotatable bonds is 2. The fraction of sp³-hybridized carbons (Fsp3) is 0.222. The monoisotopic (exact) mass is 260 g/mol. The summed E-state index contributed by atoms with van der Waals surface area (Å²) in [4.78, 5) is 12.2. The molecule has 0 heterocycles. The third kappa shape index (κ3) is 2.48. The molecule has 1 aromatic rings. The van der Waals surface area contributed by atoms with E-state index in [1.807, 2.05) is 18.4 Å². The molecule has 1 aromatic carbocycles. The summed E-state index contributed by atoms with van der Waals surface area (Å²) in [5.41, 5.74) is 0.609. The molecule has 0 fully saturated rings. The molecule has 0 aliphatic rings. The lowest BCUT2D eigenvalue weighted by atomic mass is 10.2. The predicted molar refractivity (Wildman–Crippen MR) is 57.3 cm³/mol. The summed E-state index contributed by atoms with van der Waals surface area (Å²) in [6.45, 7) is 0. The Morgan fingerprint density at radius 3 is 2.77 bits per heavy atom. The average molecular weight is 261 g/mol. The van der Waals surface area contributed by atoms with Crippen LogP contribution in [0.2, 0.25) is 0 Å². The smallest absolute Gasteiger partial charge is 0.338 e. The molecule has 70 valence electrons. The van der Waals surface area contributed by atoms with Crippen molar-refractivity contribution in [2.45, 2.75) is 4.90 Å². The number of hydrogen-bond donors (Lipinski definition) is 0. The highest BCUT2D eigenvalue weighted by Crippen LogP contribution is 2.24. The fourth-order valence-corrected chi connectivity index (χ4v) is 2.07. The Labute approximate surface area is 89.8 Å². The van der Waals surface area contributed by atoms with Gasteiger partial charge in [-0.2, -0.15) is 0 Å². The fourth-order valence-electron chi connectivity index (χ4n) is 0.944. The number of halogens is 1. The van der Waals surface area contributed by atoms with E-state index in [4.69, 9.17) is 0 Å². The van der Waals surface area contributed by atoms with Gasteiger partial charge in [0.15, 0.2) is 0 Å². The number of thioether (sulfide) groups is 1. The zero-order valence-corrected chi connectivity index (χ0v) is 9.74. The summed E-state index contributed by atoms with van der Waals surface area (Å²) >= 11 is 4.87. The molecule has 0 saturated heterocycles. The van der Waals surface area contributed by atoms with Gasteiger partial charge in [-0.15, -0.1) is 11.8 Å². The lowest BCUT2D eigenvalue weighted by molar-refractivity contribution is 0.0597. The maximum Gasteiger partial charge on any atom is 0.338 e. The number of carbonyl (C=O) groups is 1. The number of esters is 1. The quantitative estimate of drug-likeness (QED) is 0.604. The first-order chi connectivity index (χ1) is 6.19. The van der Waals surface area contributed by atoms with E-state index in [1.165, 1.54) is 18.9 Å². The van der Waals surface area contributed by atoms with Crippen LogP contribution in [0.15, 0.2) is 27.6 Å². The van der Waals surface area contributed by atoms with Crippen molar-refractivity contribution in [2.75, 3.05) is 13.4 Å². The van der Waals surface area contributed by atoms with Crippen molar-refractivity contribution in [3.63, 3.8) is 0 Å². The maximum absolute atomic E-state index is 11.3. The van der Waals surface area contributed by atoms with Gasteiger partial charge in [0.1, 0.15) is 0 Å². The molecule has 0 aliphatic carbocycles. The minimum atomic E-state index is -0.295. The van der Waals surface area contributed by atoms with E-state index in [-0.39, 0.29) is 5.97 Å². The van der Waals surface area contributed by atoms with Gasteiger partial charge in [-0.1, -0.05) is 15.9 Å². The van der Waals surface area contributed by atoms with E-state index in [9.17, 15) is 4.79 Å². The summed E-state index contributed by atoms with van der Waals surface area (Å²) in [6.07, 6.45) is 1.92. The molecular formula is C9H9BrO2S. The van der Waals surface area contributed by atoms with Crippen LogP contribution in [0.3, 0.4) is 0 Å². The number of ether oxygens (including phenoxy) is 1. The van der Waals surface area contributed by atoms with Crippen LogP contribution >= 0.6 is 27.7 Å². The second kappa shape index (κ2) is 4.67. The average Bonchev–Trinajstić information content (AvgIpc) is 2.16. The molecule has 0 spiro atoms. The van der Waals surface area contributed by atoms with Crippen LogP contribution in [0, 0.1) is 0 Å². The van der Waals surface area contributed by atoms with Gasteiger partial charge in [-0.3, -0.25) is 0 Å². The molecule has 0 radical (unpaired) electrons. The molecular weight excluding hydrogens is 252 g/mol. The SMILES string of the molecule is COC(=O)c1ccc(Br)cc1SC. The molecule has 0 aromatic heterocycles. The summed E-state index contributed by atoms with van der Waals surface area (Å²) in [5, 5.41) is 0. The standard InChI is InChI=1S/C9H9BrO2S/c1-12-9(11)7-4-3-6(10)5-8(7)13-2/h3-5H,1-2H3. The van der Waals surface area contributed by atoms with Gasteiger partial charge in [-0.05, 0) is 24.5 Å². The predicted octanol–water partition coefficient (Wildman–Crippen LogP) is 2.96. The number of hydrogen-bond acceptors (Lipinski definition) is 3. The zero-order valence-electron chi connectivity index (χ0n) is 7.33. The van der Waals surface area contributed by atoms with Gasteiger partial charge in [-0.25, -0.2) is 4.79 Å². The third-order valence-electron chi connectivity index (χ3n) is 1.57. The van der Waals surface area contributed by atoms with Crippen LogP contribution in [-0.2, 0) is 4.74 Å². The van der Waals surface area contributed by atoms with Crippen LogP contribution in [0.5, 0.6) is 0 Å². The van der Waals surface area contributed by atoms with Gasteiger partial charge in [0, 0.05) is 9.37 Å². The normalized spacial score (nSPS) is 9.77. The van der Waals surface area contributed by atoms with Crippen LogP contribution in [0.25, 0.3) is 0 Å². The molecule has 0 saturated carbocycles. The summed E-state index contributed by atoms with van der Waals surface area (Å²) in [5.74, 6) is -0.295. The van der Waals surface area contributed by atoms with E-state index in [0.29, 0.717) is 5.56 Å². The van der Waals surface area contributed by atoms with Crippen molar-refractivity contribution in [2.24, 2.45) is 0 Å². The molecule has 0 amide bonds. The van der Waals surface area contributed by atoms with Crippen molar-refractivity contribution in [3.8, 4) is 0 Å². The van der Waals surface area contributed by atoms with Gasteiger partial charge in [0.05, 0.1) is 12.7 Å². The highest BCUT2D eigenvalue weighted by atomic mass is 79.9. The van der Waals surface area contributed by atoms with Crippen molar-refractivity contribution >= 4 is 33.7 Å². The molecule has 13 heavy (non-hydrogen) atoms. The molecule has 1 rings (SSSR count). The number of carbonyl (C=O) groups excluding carboxylic acids is 1. The molecule has 0 bridgehead atoms. The molecule has 0 aliphatic heterocycles. The van der Waals surface area contributed by atoms with Crippen molar-refractivity contribution in [3.05, 3.63) is 28.2 Å². The Hall–Kier alpha value is -0.480. The zero-order chi connectivity index (χ0) is 9.84. The molecule has 0 N–H and O–H groups in total. The lowest BCUT2D eigenvalue weighted by Crippen LogP contribution is -2.02. The Morgan fingerprint density at radius 1 is 1.54 bits per heavy atom. The van der Waals surface area contributed by atoms with E-state index < -0.39 is 0 Å². The number of methoxy groups -OCH3 is 1. The van der Waals surface area contributed by atoms with Gasteiger partial charge in [0.2, 0.25) is 0 Å². The largest absolute Gasteiger partial charge is 0.465 e. The van der Waals surface area contributed by atoms with Crippen LogP contribution in [0.4, 0.5) is 0 Å². The number of benzene rings is 1. The van der Waals surface area contributed by atoms with E-state index in [0.717, 1.165) is 9.37 Å². The first-order valence-electron chi connectivity index (χ1n) is 3.61. The van der Waals surface area contributed by atoms with Gasteiger partial charge in [0.25, 0.3) is 0 Å². The summed E-state index contributed by atoms with van der Waals surface area (Å²) in [6, 6.07) is 5.48. The van der Waals surface area contributed by atoms with Crippen molar-refractivity contribution < 1.29 is 9.53 Å². The second-order valence-corrected chi connectivity index (χ2v) is 4.10. The maximum atomic E-state index is 11.3. The molecule has 0 unspecified atom stereocenters. The molecule has 0 atom stereocenters. The van der Waals surface area contributed by atoms with Crippen LogP contribution in [0.1, 0.15) is 10.4 Å². The second-order valence-electron chi connectivity index (χ2n) is 2.34. The minimum absolute atomic E-state index is 0.295. The Balaban J connectivity index is 3.13. The van der Waals surface area contributed by atoms with Crippen LogP contribution < -0.4 is 0 Å².